The van der Waals surface area contributed by atoms with Crippen molar-refractivity contribution in [3.05, 3.63) is 78.0 Å². The third-order valence-corrected chi connectivity index (χ3v) is 5.87. The van der Waals surface area contributed by atoms with Crippen LogP contribution >= 0.6 is 0 Å². The molecule has 5 rings (SSSR count). The molecular weight excluding hydrogens is 400 g/mol. The van der Waals surface area contributed by atoms with Gasteiger partial charge >= 0.3 is 0 Å². The highest BCUT2D eigenvalue weighted by Crippen LogP contribution is 2.25. The molecule has 0 amide bonds. The summed E-state index contributed by atoms with van der Waals surface area (Å²) in [6, 6.07) is 11.7. The fourth-order valence-electron chi connectivity index (χ4n) is 4.07. The van der Waals surface area contributed by atoms with E-state index < -0.39 is 0 Å². The van der Waals surface area contributed by atoms with Gasteiger partial charge in [0.1, 0.15) is 30.6 Å². The lowest BCUT2D eigenvalue weighted by Gasteiger charge is -2.36. The van der Waals surface area contributed by atoms with Crippen molar-refractivity contribution in [2.24, 2.45) is 0 Å². The van der Waals surface area contributed by atoms with Crippen molar-refractivity contribution >= 4 is 34.8 Å². The zero-order chi connectivity index (χ0) is 22.1. The van der Waals surface area contributed by atoms with Crippen LogP contribution in [0.2, 0.25) is 0 Å². The van der Waals surface area contributed by atoms with E-state index in [1.807, 2.05) is 48.0 Å². The molecule has 8 nitrogen and oxygen atoms in total. The monoisotopic (exact) mass is 425 g/mol. The van der Waals surface area contributed by atoms with Crippen LogP contribution in [0, 0.1) is 5.41 Å². The Kier molecular flexibility index (Phi) is 5.10. The molecular formula is C24H25N8+. The van der Waals surface area contributed by atoms with Gasteiger partial charge in [-0.2, -0.15) is 0 Å². The predicted octanol–water partition coefficient (Wildman–Crippen LogP) is 2.26. The quantitative estimate of drug-likeness (QED) is 0.370. The van der Waals surface area contributed by atoms with E-state index in [0.29, 0.717) is 11.4 Å². The first kappa shape index (κ1) is 19.9. The molecule has 160 valence electrons. The molecule has 2 aliphatic heterocycles. The van der Waals surface area contributed by atoms with E-state index >= 15 is 0 Å². The molecule has 8 heteroatoms. The number of allylic oxidation sites excluding steroid dienone is 1. The van der Waals surface area contributed by atoms with Gasteiger partial charge in [-0.1, -0.05) is 6.07 Å². The minimum absolute atomic E-state index is 0.404. The molecule has 0 unspecified atom stereocenters. The van der Waals surface area contributed by atoms with Gasteiger partial charge in [-0.25, -0.2) is 19.5 Å². The Morgan fingerprint density at radius 1 is 0.969 bits per heavy atom. The van der Waals surface area contributed by atoms with E-state index in [4.69, 9.17) is 11.1 Å². The Labute approximate surface area is 186 Å². The first-order chi connectivity index (χ1) is 15.6. The molecule has 1 saturated heterocycles. The summed E-state index contributed by atoms with van der Waals surface area (Å²) in [4.78, 5) is 17.4. The summed E-state index contributed by atoms with van der Waals surface area (Å²) in [6.07, 6.45) is 9.24. The fourth-order valence-corrected chi connectivity index (χ4v) is 4.07. The number of benzene rings is 1. The number of anilines is 3. The van der Waals surface area contributed by atoms with Gasteiger partial charge in [0.15, 0.2) is 12.4 Å². The smallest absolute Gasteiger partial charge is 0.182 e. The van der Waals surface area contributed by atoms with Crippen LogP contribution in [0.5, 0.6) is 0 Å². The van der Waals surface area contributed by atoms with Crippen molar-refractivity contribution in [1.29, 1.82) is 5.41 Å². The van der Waals surface area contributed by atoms with Crippen molar-refractivity contribution in [1.82, 2.24) is 15.0 Å². The maximum Gasteiger partial charge on any atom is 0.182 e. The molecule has 2 aromatic heterocycles. The summed E-state index contributed by atoms with van der Waals surface area (Å²) in [6.45, 7) is 3.39. The minimum Gasteiger partial charge on any atom is -0.398 e. The largest absolute Gasteiger partial charge is 0.398 e. The number of nitrogens with one attached hydrogen (secondary N) is 1. The van der Waals surface area contributed by atoms with Crippen LogP contribution in [0.15, 0.2) is 61.3 Å². The van der Waals surface area contributed by atoms with Crippen LogP contribution in [0.25, 0.3) is 5.57 Å². The van der Waals surface area contributed by atoms with Crippen LogP contribution in [0.3, 0.4) is 0 Å². The number of hydrogen-bond acceptors (Lipinski definition) is 7. The van der Waals surface area contributed by atoms with Gasteiger partial charge in [0.05, 0.1) is 5.71 Å². The number of pyridine rings is 1. The summed E-state index contributed by atoms with van der Waals surface area (Å²) >= 11 is 0. The maximum atomic E-state index is 8.83. The topological polar surface area (TPSA) is 98.0 Å². The fraction of sp³-hybridized carbons (Fsp3) is 0.208. The van der Waals surface area contributed by atoms with Crippen molar-refractivity contribution in [3.8, 4) is 0 Å². The van der Waals surface area contributed by atoms with Crippen molar-refractivity contribution < 1.29 is 4.58 Å². The summed E-state index contributed by atoms with van der Waals surface area (Å²) in [5.41, 5.74) is 11.0. The van der Waals surface area contributed by atoms with E-state index in [1.54, 1.807) is 18.7 Å². The third kappa shape index (κ3) is 3.82. The second kappa shape index (κ2) is 8.22. The van der Waals surface area contributed by atoms with Gasteiger partial charge in [0, 0.05) is 55.4 Å². The average molecular weight is 426 g/mol. The standard InChI is InChI=1S/C24H25N8/c1-30-14-19(15-30)17-2-3-21(25)20(12-17)24(26)18-4-7-28-23(13-18)32-10-8-31(9-11-32)22-5-6-27-16-29-22/h2-7,12-16,26H,8-11,25H2,1H3/q+1. The second-order valence-corrected chi connectivity index (χ2v) is 8.00. The van der Waals surface area contributed by atoms with E-state index in [0.717, 1.165) is 60.1 Å². The first-order valence-electron chi connectivity index (χ1n) is 10.6. The number of aromatic nitrogens is 3. The first-order valence-corrected chi connectivity index (χ1v) is 10.6. The molecule has 0 radical (unpaired) electrons. The molecule has 0 atom stereocenters. The van der Waals surface area contributed by atoms with Gasteiger partial charge in [-0.15, -0.1) is 0 Å². The molecule has 0 aliphatic carbocycles. The van der Waals surface area contributed by atoms with Gasteiger partial charge in [-0.05, 0) is 35.9 Å². The highest BCUT2D eigenvalue weighted by atomic mass is 15.3. The number of nitrogens with zero attached hydrogens (tertiary/aromatic N) is 6. The maximum absolute atomic E-state index is 8.83. The van der Waals surface area contributed by atoms with Crippen LogP contribution in [0.1, 0.15) is 16.7 Å². The summed E-state index contributed by atoms with van der Waals surface area (Å²) in [5.74, 6) is 1.82. The molecule has 0 spiro atoms. The predicted molar refractivity (Wildman–Crippen MR) is 128 cm³/mol. The Morgan fingerprint density at radius 2 is 1.72 bits per heavy atom. The van der Waals surface area contributed by atoms with Gasteiger partial charge in [-0.3, -0.25) is 5.41 Å². The lowest BCUT2D eigenvalue weighted by atomic mass is 9.96. The van der Waals surface area contributed by atoms with Crippen LogP contribution in [-0.4, -0.2) is 64.7 Å². The van der Waals surface area contributed by atoms with Crippen molar-refractivity contribution in [2.45, 2.75) is 0 Å². The second-order valence-electron chi connectivity index (χ2n) is 8.00. The zero-order valence-electron chi connectivity index (χ0n) is 17.9. The Bertz CT molecular complexity index is 1220. The molecule has 1 fully saturated rings. The molecule has 4 heterocycles. The van der Waals surface area contributed by atoms with Crippen molar-refractivity contribution in [2.75, 3.05) is 48.8 Å². The minimum atomic E-state index is 0.404. The molecule has 3 N–H and O–H groups in total. The van der Waals surface area contributed by atoms with Crippen molar-refractivity contribution in [3.63, 3.8) is 0 Å². The molecule has 3 aromatic rings. The van der Waals surface area contributed by atoms with Crippen LogP contribution < -0.4 is 15.5 Å². The molecule has 32 heavy (non-hydrogen) atoms. The van der Waals surface area contributed by atoms with Crippen LogP contribution in [-0.2, 0) is 0 Å². The summed E-state index contributed by atoms with van der Waals surface area (Å²) < 4.78 is 2.01. The normalized spacial score (nSPS) is 15.7. The zero-order valence-corrected chi connectivity index (χ0v) is 17.9. The van der Waals surface area contributed by atoms with Gasteiger partial charge in [0.2, 0.25) is 0 Å². The lowest BCUT2D eigenvalue weighted by Crippen LogP contribution is -2.47. The van der Waals surface area contributed by atoms with Gasteiger partial charge in [0.25, 0.3) is 0 Å². The lowest BCUT2D eigenvalue weighted by molar-refractivity contribution is -0.423. The Morgan fingerprint density at radius 3 is 2.41 bits per heavy atom. The summed E-state index contributed by atoms with van der Waals surface area (Å²) in [7, 11) is 2.00. The molecule has 1 aromatic carbocycles. The molecule has 2 aliphatic rings. The van der Waals surface area contributed by atoms with E-state index in [9.17, 15) is 0 Å². The van der Waals surface area contributed by atoms with E-state index in [1.165, 1.54) is 0 Å². The highest BCUT2D eigenvalue weighted by molar-refractivity contribution is 6.16. The number of nitrogens with two attached hydrogens (primary N) is 1. The summed E-state index contributed by atoms with van der Waals surface area (Å²) in [5, 5.41) is 8.83. The number of nitrogen functional groups attached to an aromatic ring is 1. The van der Waals surface area contributed by atoms with E-state index in [2.05, 4.69) is 37.2 Å². The number of hydrogen-bond donors (Lipinski definition) is 2. The van der Waals surface area contributed by atoms with E-state index in [-0.39, 0.29) is 0 Å². The molecule has 0 saturated carbocycles. The highest BCUT2D eigenvalue weighted by Gasteiger charge is 2.21. The Balaban J connectivity index is 1.33. The molecule has 0 bridgehead atoms. The SMILES string of the molecule is C[N+]1=CC(c2ccc(N)c(C(=N)c3ccnc(N4CCN(c5ccncn5)CC4)c3)c2)=C1. The van der Waals surface area contributed by atoms with Gasteiger partial charge < -0.3 is 15.5 Å². The Hall–Kier alpha value is -4.07. The van der Waals surface area contributed by atoms with Crippen LogP contribution in [0.4, 0.5) is 17.3 Å². The number of rotatable bonds is 5. The third-order valence-electron chi connectivity index (χ3n) is 5.87. The average Bonchev–Trinajstić information content (AvgIpc) is 2.83. The number of piperazine rings is 1.